The number of aromatic hydroxyl groups is 2. The van der Waals surface area contributed by atoms with Crippen molar-refractivity contribution in [3.05, 3.63) is 112 Å². The first kappa shape index (κ1) is 60.7. The summed E-state index contributed by atoms with van der Waals surface area (Å²) in [6, 6.07) is 14.3. The number of phenols is 2. The quantitative estimate of drug-likeness (QED) is 0.0686. The van der Waals surface area contributed by atoms with Gasteiger partial charge in [0.05, 0.1) is 19.6 Å². The Balaban J connectivity index is -0.000000214. The van der Waals surface area contributed by atoms with Crippen molar-refractivity contribution in [1.82, 2.24) is 0 Å². The van der Waals surface area contributed by atoms with Crippen molar-refractivity contribution >= 4 is 40.7 Å². The van der Waals surface area contributed by atoms with Crippen LogP contribution in [0, 0.1) is 20.8 Å². The molecule has 0 aliphatic rings. The monoisotopic (exact) mass is 826 g/mol. The summed E-state index contributed by atoms with van der Waals surface area (Å²) in [5, 5.41) is 26.7. The number of benzene rings is 3. The summed E-state index contributed by atoms with van der Waals surface area (Å²) in [6.45, 7) is 13.5. The first-order chi connectivity index (χ1) is 25.6. The van der Waals surface area contributed by atoms with E-state index < -0.39 is 23.9 Å². The van der Waals surface area contributed by atoms with E-state index in [1.165, 1.54) is 18.2 Å². The van der Waals surface area contributed by atoms with Gasteiger partial charge in [0.2, 0.25) is 5.24 Å². The van der Waals surface area contributed by atoms with Crippen LogP contribution in [0.3, 0.4) is 0 Å². The predicted molar refractivity (Wildman–Crippen MR) is 223 cm³/mol. The van der Waals surface area contributed by atoms with Crippen molar-refractivity contribution < 1.29 is 62.7 Å². The fourth-order valence-corrected chi connectivity index (χ4v) is 3.88. The fraction of sp³-hybridized carbons (Fsp3) is 0.372. The van der Waals surface area contributed by atoms with Crippen molar-refractivity contribution in [2.75, 3.05) is 13.2 Å². The molecule has 0 fully saturated rings. The molecule has 320 valence electrons. The first-order valence-corrected chi connectivity index (χ1v) is 17.1. The van der Waals surface area contributed by atoms with Crippen LogP contribution in [-0.4, -0.2) is 57.7 Å². The van der Waals surface area contributed by atoms with E-state index in [2.05, 4.69) is 0 Å². The maximum Gasteiger partial charge on any atom is 0.341 e. The third-order valence-corrected chi connectivity index (χ3v) is 6.41. The van der Waals surface area contributed by atoms with E-state index in [-0.39, 0.29) is 74.5 Å². The lowest BCUT2D eigenvalue weighted by Gasteiger charge is -2.09. The molecule has 0 spiro atoms. The lowest BCUT2D eigenvalue weighted by Crippen LogP contribution is -2.12. The van der Waals surface area contributed by atoms with Gasteiger partial charge in [-0.15, -0.1) is 0 Å². The Morgan fingerprint density at radius 2 is 1.00 bits per heavy atom. The highest BCUT2D eigenvalue weighted by molar-refractivity contribution is 6.63. The van der Waals surface area contributed by atoms with Gasteiger partial charge in [-0.2, -0.15) is 0 Å². The topological polar surface area (TPSA) is 174 Å². The Kier molecular flexibility index (Phi) is 38.4. The minimum atomic E-state index is -1.11. The largest absolute Gasteiger partial charge is 0.507 e. The Bertz CT molecular complexity index is 1690. The number of hydrogen-bond donors (Lipinski definition) is 3. The van der Waals surface area contributed by atoms with Gasteiger partial charge in [0.1, 0.15) is 33.9 Å². The summed E-state index contributed by atoms with van der Waals surface area (Å²) < 4.78 is 30.9. The molecule has 3 aromatic rings. The van der Waals surface area contributed by atoms with Crippen molar-refractivity contribution in [2.24, 2.45) is 0 Å². The normalized spacial score (nSPS) is 9.30. The number of phenolic OH excluding ortho intramolecular Hbond substituents is 1. The van der Waals surface area contributed by atoms with Gasteiger partial charge in [-0.1, -0.05) is 78.6 Å². The number of hydrogen-bond acceptors (Lipinski definition) is 10. The summed E-state index contributed by atoms with van der Waals surface area (Å²) in [4.78, 5) is 55.1. The summed E-state index contributed by atoms with van der Waals surface area (Å²) in [6.07, 6.45) is 9.71. The molecule has 0 aliphatic carbocycles. The SMILES string of the molecule is C.C.C.CC/C=C\CC(=O)Cl.CC/C=C\CC(=O)Oc1cc(C)ccc1C(=O)OCC.CCOC(=O)c1ccc(C)cc1O.Cc1ccc(C(=O)O)c(O)c1.FF. The van der Waals surface area contributed by atoms with Gasteiger partial charge in [0, 0.05) is 15.6 Å². The molecule has 57 heavy (non-hydrogen) atoms. The number of aryl methyl sites for hydroxylation is 3. The highest BCUT2D eigenvalue weighted by Gasteiger charge is 2.16. The van der Waals surface area contributed by atoms with Crippen molar-refractivity contribution in [3.63, 3.8) is 0 Å². The molecule has 0 atom stereocenters. The summed E-state index contributed by atoms with van der Waals surface area (Å²) in [5.41, 5.74) is 3.08. The van der Waals surface area contributed by atoms with Gasteiger partial charge in [-0.3, -0.25) is 9.59 Å². The number of aromatic carboxylic acids is 1. The molecule has 0 heterocycles. The number of rotatable bonds is 12. The molecule has 0 aromatic heterocycles. The molecule has 0 amide bonds. The Labute approximate surface area is 341 Å². The van der Waals surface area contributed by atoms with Crippen LogP contribution in [0.15, 0.2) is 78.9 Å². The molecule has 3 N–H and O–H groups in total. The molecule has 3 aromatic carbocycles. The van der Waals surface area contributed by atoms with Crippen LogP contribution < -0.4 is 4.74 Å². The van der Waals surface area contributed by atoms with Gasteiger partial charge in [-0.25, -0.2) is 14.4 Å². The number of halogens is 3. The van der Waals surface area contributed by atoms with E-state index in [9.17, 15) is 29.1 Å². The maximum atomic E-state index is 11.8. The van der Waals surface area contributed by atoms with Crippen LogP contribution in [-0.2, 0) is 19.1 Å². The van der Waals surface area contributed by atoms with Crippen molar-refractivity contribution in [2.45, 2.75) is 96.4 Å². The highest BCUT2D eigenvalue weighted by Crippen LogP contribution is 2.22. The zero-order valence-electron chi connectivity index (χ0n) is 31.5. The zero-order chi connectivity index (χ0) is 41.6. The van der Waals surface area contributed by atoms with Crippen LogP contribution in [0.25, 0.3) is 0 Å². The number of carbonyl (C=O) groups is 5. The Hall–Kier alpha value is -5.56. The summed E-state index contributed by atoms with van der Waals surface area (Å²) in [7, 11) is 0. The number of carboxylic acid groups (broad SMARTS) is 1. The highest BCUT2D eigenvalue weighted by atomic mass is 35.5. The third kappa shape index (κ3) is 27.6. The maximum absolute atomic E-state index is 11.8. The van der Waals surface area contributed by atoms with Gasteiger partial charge >= 0.3 is 23.9 Å². The number of esters is 3. The van der Waals surface area contributed by atoms with E-state index in [1.54, 1.807) is 69.3 Å². The van der Waals surface area contributed by atoms with Crippen molar-refractivity contribution in [1.29, 1.82) is 0 Å². The molecule has 0 unspecified atom stereocenters. The van der Waals surface area contributed by atoms with E-state index in [0.29, 0.717) is 13.0 Å². The van der Waals surface area contributed by atoms with Gasteiger partial charge in [0.25, 0.3) is 0 Å². The second-order valence-corrected chi connectivity index (χ2v) is 11.2. The van der Waals surface area contributed by atoms with Crippen LogP contribution in [0.5, 0.6) is 17.2 Å². The first-order valence-electron chi connectivity index (χ1n) is 16.7. The second kappa shape index (κ2) is 36.1. The number of allylic oxidation sites excluding steroid dienone is 3. The molecule has 0 bridgehead atoms. The van der Waals surface area contributed by atoms with Gasteiger partial charge in [-0.05, 0) is 112 Å². The molecule has 3 rings (SSSR count). The molecule has 0 saturated heterocycles. The average molecular weight is 827 g/mol. The lowest BCUT2D eigenvalue weighted by atomic mass is 10.1. The Morgan fingerprint density at radius 3 is 1.39 bits per heavy atom. The van der Waals surface area contributed by atoms with Crippen LogP contribution in [0.2, 0.25) is 0 Å². The second-order valence-electron chi connectivity index (χ2n) is 10.8. The summed E-state index contributed by atoms with van der Waals surface area (Å²) in [5.74, 6) is -2.44. The van der Waals surface area contributed by atoms with Crippen LogP contribution >= 0.6 is 11.6 Å². The van der Waals surface area contributed by atoms with E-state index >= 15 is 0 Å². The molecular formula is C43H61ClF2O11. The fourth-order valence-electron chi connectivity index (χ4n) is 3.79. The van der Waals surface area contributed by atoms with Crippen LogP contribution in [0.4, 0.5) is 9.15 Å². The van der Waals surface area contributed by atoms with Crippen LogP contribution in [0.1, 0.15) is 123 Å². The standard InChI is InChI=1S/C16H20O4.C10H12O3.C8H8O3.C6H9ClO.3CH4.F2/c1-4-6-7-8-15(17)20-14-11-12(3)9-10-13(14)16(18)19-5-2;1-3-13-10(12)8-5-4-7(2)6-9(8)11;1-5-2-3-6(8(10)11)7(9)4-5;1-2-3-4-5-6(7)8;;;;1-2/h6-7,9-11H,4-5,8H2,1-3H3;4-6,11H,3H2,1-2H3;2-4,9H,1H3,(H,10,11);3-4H,2,5H2,1H3;3*1H4;/b7-6-;;;4-3-;;;;. The minimum Gasteiger partial charge on any atom is -0.507 e. The van der Waals surface area contributed by atoms with E-state index in [0.717, 1.165) is 29.5 Å². The molecule has 0 aliphatic heterocycles. The Morgan fingerprint density at radius 1 is 0.614 bits per heavy atom. The summed E-state index contributed by atoms with van der Waals surface area (Å²) >= 11 is 5.02. The molecule has 0 radical (unpaired) electrons. The van der Waals surface area contributed by atoms with E-state index in [4.69, 9.17) is 45.2 Å². The lowest BCUT2D eigenvalue weighted by molar-refractivity contribution is -0.133. The zero-order valence-corrected chi connectivity index (χ0v) is 32.2. The molecule has 11 nitrogen and oxygen atoms in total. The number of carbonyl (C=O) groups excluding carboxylic acids is 4. The van der Waals surface area contributed by atoms with Crippen molar-refractivity contribution in [3.8, 4) is 17.2 Å². The smallest absolute Gasteiger partial charge is 0.341 e. The molecule has 0 saturated carbocycles. The average Bonchev–Trinajstić information content (AvgIpc) is 3.10. The molecule has 14 heteroatoms. The van der Waals surface area contributed by atoms with E-state index in [1.807, 2.05) is 39.8 Å². The van der Waals surface area contributed by atoms with Gasteiger partial charge < -0.3 is 29.5 Å². The molecular weight excluding hydrogens is 766 g/mol. The minimum absolute atomic E-state index is 0. The number of carboxylic acids is 1. The number of ether oxygens (including phenoxy) is 3. The van der Waals surface area contributed by atoms with Gasteiger partial charge in [0.15, 0.2) is 0 Å². The predicted octanol–water partition coefficient (Wildman–Crippen LogP) is 11.6. The third-order valence-electron chi connectivity index (χ3n) is 6.26.